The van der Waals surface area contributed by atoms with E-state index in [0.29, 0.717) is 29.6 Å². The number of carbonyl (C=O) groups excluding carboxylic acids is 1. The fraction of sp³-hybridized carbons (Fsp3) is 0.467. The van der Waals surface area contributed by atoms with Crippen LogP contribution >= 0.6 is 0 Å². The smallest absolute Gasteiger partial charge is 0.269 e. The molecule has 0 unspecified atom stereocenters. The van der Waals surface area contributed by atoms with Crippen molar-refractivity contribution in [1.82, 2.24) is 15.1 Å². The molecule has 2 aromatic heterocycles. The Bertz CT molecular complexity index is 596. The zero-order valence-electron chi connectivity index (χ0n) is 12.4. The number of carbonyl (C=O) groups is 1. The average Bonchev–Trinajstić information content (AvgIpc) is 2.95. The van der Waals surface area contributed by atoms with Gasteiger partial charge in [-0.1, -0.05) is 13.8 Å². The summed E-state index contributed by atoms with van der Waals surface area (Å²) in [4.78, 5) is 12.1. The molecule has 1 N–H and O–H groups in total. The SMILES string of the molecule is Cc1ccc(-c2cc(C(=O)NCCC(C)C)n(C)n2)o1. The van der Waals surface area contributed by atoms with Gasteiger partial charge in [-0.25, -0.2) is 0 Å². The zero-order valence-corrected chi connectivity index (χ0v) is 12.4. The molecule has 0 aliphatic rings. The first-order chi connectivity index (χ1) is 9.47. The first kappa shape index (κ1) is 14.4. The maximum atomic E-state index is 12.1. The lowest BCUT2D eigenvalue weighted by atomic mass is 10.1. The predicted molar refractivity (Wildman–Crippen MR) is 77.4 cm³/mol. The third kappa shape index (κ3) is 3.29. The lowest BCUT2D eigenvalue weighted by molar-refractivity contribution is 0.0942. The van der Waals surface area contributed by atoms with Gasteiger partial charge in [-0.3, -0.25) is 9.48 Å². The summed E-state index contributed by atoms with van der Waals surface area (Å²) < 4.78 is 7.10. The van der Waals surface area contributed by atoms with Gasteiger partial charge in [-0.2, -0.15) is 5.10 Å². The summed E-state index contributed by atoms with van der Waals surface area (Å²) >= 11 is 0. The van der Waals surface area contributed by atoms with Crippen LogP contribution < -0.4 is 5.32 Å². The second kappa shape index (κ2) is 5.94. The Labute approximate surface area is 119 Å². The Hall–Kier alpha value is -2.04. The van der Waals surface area contributed by atoms with Crippen LogP contribution in [-0.4, -0.2) is 22.2 Å². The number of aromatic nitrogens is 2. The molecule has 0 radical (unpaired) electrons. The largest absolute Gasteiger partial charge is 0.460 e. The third-order valence-corrected chi connectivity index (χ3v) is 3.11. The van der Waals surface area contributed by atoms with Gasteiger partial charge in [-0.15, -0.1) is 0 Å². The van der Waals surface area contributed by atoms with Crippen molar-refractivity contribution in [2.24, 2.45) is 13.0 Å². The Kier molecular flexibility index (Phi) is 4.27. The average molecular weight is 275 g/mol. The van der Waals surface area contributed by atoms with Crippen molar-refractivity contribution < 1.29 is 9.21 Å². The second-order valence-corrected chi connectivity index (χ2v) is 5.39. The van der Waals surface area contributed by atoms with Gasteiger partial charge < -0.3 is 9.73 Å². The van der Waals surface area contributed by atoms with Crippen molar-refractivity contribution in [2.45, 2.75) is 27.2 Å². The van der Waals surface area contributed by atoms with Gasteiger partial charge in [0.1, 0.15) is 17.1 Å². The maximum absolute atomic E-state index is 12.1. The highest BCUT2D eigenvalue weighted by Crippen LogP contribution is 2.21. The number of hydrogen-bond donors (Lipinski definition) is 1. The molecule has 0 saturated heterocycles. The highest BCUT2D eigenvalue weighted by Gasteiger charge is 2.15. The van der Waals surface area contributed by atoms with Gasteiger partial charge in [0.2, 0.25) is 0 Å². The van der Waals surface area contributed by atoms with E-state index in [1.807, 2.05) is 19.1 Å². The highest BCUT2D eigenvalue weighted by atomic mass is 16.3. The van der Waals surface area contributed by atoms with E-state index in [2.05, 4.69) is 24.3 Å². The van der Waals surface area contributed by atoms with E-state index < -0.39 is 0 Å². The number of aryl methyl sites for hydroxylation is 2. The van der Waals surface area contributed by atoms with Crippen LogP contribution in [0.5, 0.6) is 0 Å². The zero-order chi connectivity index (χ0) is 14.7. The van der Waals surface area contributed by atoms with Gasteiger partial charge in [0.25, 0.3) is 5.91 Å². The van der Waals surface area contributed by atoms with Crippen molar-refractivity contribution in [3.63, 3.8) is 0 Å². The second-order valence-electron chi connectivity index (χ2n) is 5.39. The Morgan fingerprint density at radius 1 is 1.45 bits per heavy atom. The van der Waals surface area contributed by atoms with Gasteiger partial charge >= 0.3 is 0 Å². The van der Waals surface area contributed by atoms with Crippen LogP contribution in [0.25, 0.3) is 11.5 Å². The molecule has 5 heteroatoms. The lowest BCUT2D eigenvalue weighted by Gasteiger charge is -2.06. The Balaban J connectivity index is 2.09. The van der Waals surface area contributed by atoms with Crippen molar-refractivity contribution in [3.05, 3.63) is 29.7 Å². The first-order valence-corrected chi connectivity index (χ1v) is 6.86. The van der Waals surface area contributed by atoms with Crippen LogP contribution in [-0.2, 0) is 7.05 Å². The standard InChI is InChI=1S/C15H21N3O2/c1-10(2)7-8-16-15(19)13-9-12(17-18(13)4)14-6-5-11(3)20-14/h5-6,9-10H,7-8H2,1-4H3,(H,16,19). The number of furan rings is 1. The van der Waals surface area contributed by atoms with Crippen LogP contribution in [0.1, 0.15) is 36.5 Å². The topological polar surface area (TPSA) is 60.1 Å². The molecule has 0 spiro atoms. The quantitative estimate of drug-likeness (QED) is 0.912. The summed E-state index contributed by atoms with van der Waals surface area (Å²) in [7, 11) is 1.76. The van der Waals surface area contributed by atoms with Crippen LogP contribution in [0.2, 0.25) is 0 Å². The fourth-order valence-corrected chi connectivity index (χ4v) is 1.94. The summed E-state index contributed by atoms with van der Waals surface area (Å²) in [6, 6.07) is 5.49. The molecule has 108 valence electrons. The van der Waals surface area contributed by atoms with Crippen molar-refractivity contribution >= 4 is 5.91 Å². The molecular weight excluding hydrogens is 254 g/mol. The normalized spacial score (nSPS) is 11.1. The first-order valence-electron chi connectivity index (χ1n) is 6.86. The molecular formula is C15H21N3O2. The van der Waals surface area contributed by atoms with Gasteiger partial charge in [-0.05, 0) is 31.4 Å². The fourth-order valence-electron chi connectivity index (χ4n) is 1.94. The number of nitrogens with one attached hydrogen (secondary N) is 1. The molecule has 0 saturated carbocycles. The molecule has 2 aromatic rings. The molecule has 1 amide bonds. The van der Waals surface area contributed by atoms with E-state index in [0.717, 1.165) is 12.2 Å². The van der Waals surface area contributed by atoms with Crippen LogP contribution in [0.4, 0.5) is 0 Å². The molecule has 20 heavy (non-hydrogen) atoms. The maximum Gasteiger partial charge on any atom is 0.269 e. The van der Waals surface area contributed by atoms with E-state index >= 15 is 0 Å². The molecule has 0 atom stereocenters. The van der Waals surface area contributed by atoms with E-state index in [4.69, 9.17) is 4.42 Å². The minimum atomic E-state index is -0.102. The minimum absolute atomic E-state index is 0.102. The van der Waals surface area contributed by atoms with Crippen molar-refractivity contribution in [2.75, 3.05) is 6.54 Å². The predicted octanol–water partition coefficient (Wildman–Crippen LogP) is 2.76. The summed E-state index contributed by atoms with van der Waals surface area (Å²) in [6.45, 7) is 6.82. The molecule has 0 fully saturated rings. The van der Waals surface area contributed by atoms with Crippen LogP contribution in [0.15, 0.2) is 22.6 Å². The number of hydrogen-bond acceptors (Lipinski definition) is 3. The van der Waals surface area contributed by atoms with E-state index in [1.54, 1.807) is 17.8 Å². The molecule has 0 aliphatic carbocycles. The van der Waals surface area contributed by atoms with Gasteiger partial charge in [0, 0.05) is 19.7 Å². The molecule has 0 aliphatic heterocycles. The monoisotopic (exact) mass is 275 g/mol. The molecule has 0 aromatic carbocycles. The lowest BCUT2D eigenvalue weighted by Crippen LogP contribution is -2.27. The van der Waals surface area contributed by atoms with Gasteiger partial charge in [0.15, 0.2) is 5.76 Å². The minimum Gasteiger partial charge on any atom is -0.460 e. The summed E-state index contributed by atoms with van der Waals surface area (Å²) in [5, 5.41) is 7.23. The van der Waals surface area contributed by atoms with E-state index in [-0.39, 0.29) is 5.91 Å². The molecule has 0 bridgehead atoms. The van der Waals surface area contributed by atoms with Crippen molar-refractivity contribution in [3.8, 4) is 11.5 Å². The van der Waals surface area contributed by atoms with E-state index in [9.17, 15) is 4.79 Å². The molecule has 5 nitrogen and oxygen atoms in total. The summed E-state index contributed by atoms with van der Waals surface area (Å²) in [6.07, 6.45) is 0.966. The van der Waals surface area contributed by atoms with Crippen molar-refractivity contribution in [1.29, 1.82) is 0 Å². The highest BCUT2D eigenvalue weighted by molar-refractivity contribution is 5.93. The third-order valence-electron chi connectivity index (χ3n) is 3.11. The molecule has 2 heterocycles. The van der Waals surface area contributed by atoms with Crippen LogP contribution in [0.3, 0.4) is 0 Å². The Morgan fingerprint density at radius 3 is 2.80 bits per heavy atom. The summed E-state index contributed by atoms with van der Waals surface area (Å²) in [5.74, 6) is 1.98. The van der Waals surface area contributed by atoms with Gasteiger partial charge in [0.05, 0.1) is 0 Å². The Morgan fingerprint density at radius 2 is 2.20 bits per heavy atom. The number of nitrogens with zero attached hydrogens (tertiary/aromatic N) is 2. The van der Waals surface area contributed by atoms with E-state index in [1.165, 1.54) is 0 Å². The number of rotatable bonds is 5. The van der Waals surface area contributed by atoms with Crippen LogP contribution in [0, 0.1) is 12.8 Å². The molecule has 2 rings (SSSR count). The number of amides is 1. The summed E-state index contributed by atoms with van der Waals surface area (Å²) in [5.41, 5.74) is 1.22.